The van der Waals surface area contributed by atoms with Gasteiger partial charge in [0.1, 0.15) is 0 Å². The number of aliphatic hydroxyl groups is 1. The standard InChI is InChI=1S/C12H10BrClOS/c13-10-3-1-2-9(12(10)14)11(15)6-8-4-5-16-7-8/h1-5,7,11,15H,6H2. The molecule has 1 aromatic carbocycles. The van der Waals surface area contributed by atoms with Crippen LogP contribution in [0.25, 0.3) is 0 Å². The quantitative estimate of drug-likeness (QED) is 0.887. The first-order chi connectivity index (χ1) is 7.68. The van der Waals surface area contributed by atoms with Gasteiger partial charge in [0, 0.05) is 16.5 Å². The van der Waals surface area contributed by atoms with Crippen molar-refractivity contribution < 1.29 is 5.11 Å². The SMILES string of the molecule is OC(Cc1ccsc1)c1cccc(Br)c1Cl. The van der Waals surface area contributed by atoms with Gasteiger partial charge >= 0.3 is 0 Å². The van der Waals surface area contributed by atoms with Crippen LogP contribution in [0.4, 0.5) is 0 Å². The molecule has 0 spiro atoms. The summed E-state index contributed by atoms with van der Waals surface area (Å²) in [6.45, 7) is 0. The first-order valence-corrected chi connectivity index (χ1v) is 6.93. The van der Waals surface area contributed by atoms with Gasteiger partial charge in [-0.3, -0.25) is 0 Å². The predicted molar refractivity (Wildman–Crippen MR) is 72.1 cm³/mol. The zero-order chi connectivity index (χ0) is 11.5. The van der Waals surface area contributed by atoms with Crippen molar-refractivity contribution in [2.45, 2.75) is 12.5 Å². The number of hydrogen-bond acceptors (Lipinski definition) is 2. The van der Waals surface area contributed by atoms with E-state index in [0.717, 1.165) is 15.6 Å². The molecule has 16 heavy (non-hydrogen) atoms. The van der Waals surface area contributed by atoms with Gasteiger partial charge in [-0.2, -0.15) is 11.3 Å². The minimum Gasteiger partial charge on any atom is -0.388 e. The van der Waals surface area contributed by atoms with E-state index in [-0.39, 0.29) is 0 Å². The van der Waals surface area contributed by atoms with Crippen LogP contribution in [0.5, 0.6) is 0 Å². The van der Waals surface area contributed by atoms with Gasteiger partial charge in [0.2, 0.25) is 0 Å². The molecule has 0 bridgehead atoms. The van der Waals surface area contributed by atoms with E-state index in [9.17, 15) is 5.11 Å². The van der Waals surface area contributed by atoms with Crippen molar-refractivity contribution in [3.05, 3.63) is 55.6 Å². The highest BCUT2D eigenvalue weighted by molar-refractivity contribution is 9.10. The number of hydrogen-bond donors (Lipinski definition) is 1. The van der Waals surface area contributed by atoms with E-state index < -0.39 is 6.10 Å². The fourth-order valence-electron chi connectivity index (χ4n) is 1.52. The second kappa shape index (κ2) is 5.32. The van der Waals surface area contributed by atoms with Gasteiger partial charge in [0.15, 0.2) is 0 Å². The Bertz CT molecular complexity index is 470. The average Bonchev–Trinajstić information content (AvgIpc) is 2.74. The van der Waals surface area contributed by atoms with Gasteiger partial charge in [-0.05, 0) is 44.4 Å². The summed E-state index contributed by atoms with van der Waals surface area (Å²) in [5.74, 6) is 0. The number of rotatable bonds is 3. The van der Waals surface area contributed by atoms with Crippen LogP contribution in [0.15, 0.2) is 39.5 Å². The molecule has 0 saturated heterocycles. The molecule has 4 heteroatoms. The molecule has 1 nitrogen and oxygen atoms in total. The highest BCUT2D eigenvalue weighted by Crippen LogP contribution is 2.31. The molecule has 0 aliphatic heterocycles. The zero-order valence-corrected chi connectivity index (χ0v) is 11.5. The van der Waals surface area contributed by atoms with Crippen molar-refractivity contribution >= 4 is 38.9 Å². The molecule has 0 amide bonds. The normalized spacial score (nSPS) is 12.7. The number of halogens is 2. The lowest BCUT2D eigenvalue weighted by Crippen LogP contribution is -2.01. The monoisotopic (exact) mass is 316 g/mol. The first kappa shape index (κ1) is 12.1. The highest BCUT2D eigenvalue weighted by Gasteiger charge is 2.13. The lowest BCUT2D eigenvalue weighted by Gasteiger charge is -2.12. The van der Waals surface area contributed by atoms with Gasteiger partial charge in [-0.1, -0.05) is 23.7 Å². The maximum atomic E-state index is 10.1. The Hall–Kier alpha value is -0.350. The lowest BCUT2D eigenvalue weighted by molar-refractivity contribution is 0.178. The minimum atomic E-state index is -0.556. The Labute approximate surface area is 112 Å². The molecule has 1 heterocycles. The van der Waals surface area contributed by atoms with Crippen molar-refractivity contribution in [1.29, 1.82) is 0 Å². The minimum absolute atomic E-state index is 0.556. The van der Waals surface area contributed by atoms with Gasteiger partial charge < -0.3 is 5.11 Å². The summed E-state index contributed by atoms with van der Waals surface area (Å²) in [4.78, 5) is 0. The Morgan fingerprint density at radius 1 is 1.38 bits per heavy atom. The van der Waals surface area contributed by atoms with Crippen molar-refractivity contribution in [3.63, 3.8) is 0 Å². The topological polar surface area (TPSA) is 20.2 Å². The smallest absolute Gasteiger partial charge is 0.0845 e. The van der Waals surface area contributed by atoms with Gasteiger partial charge in [-0.15, -0.1) is 0 Å². The molecule has 2 aromatic rings. The fourth-order valence-corrected chi connectivity index (χ4v) is 2.83. The summed E-state index contributed by atoms with van der Waals surface area (Å²) >= 11 is 11.1. The lowest BCUT2D eigenvalue weighted by atomic mass is 10.0. The van der Waals surface area contributed by atoms with Crippen LogP contribution in [0, 0.1) is 0 Å². The second-order valence-corrected chi connectivity index (χ2v) is 5.51. The summed E-state index contributed by atoms with van der Waals surface area (Å²) in [5.41, 5.74) is 1.90. The molecule has 0 aliphatic rings. The third-order valence-electron chi connectivity index (χ3n) is 2.35. The van der Waals surface area contributed by atoms with E-state index >= 15 is 0 Å². The van der Waals surface area contributed by atoms with Crippen LogP contribution in [0.2, 0.25) is 5.02 Å². The number of aliphatic hydroxyl groups excluding tert-OH is 1. The van der Waals surface area contributed by atoms with E-state index in [0.29, 0.717) is 11.4 Å². The van der Waals surface area contributed by atoms with Crippen molar-refractivity contribution in [3.8, 4) is 0 Å². The molecule has 0 fully saturated rings. The van der Waals surface area contributed by atoms with E-state index in [1.54, 1.807) is 11.3 Å². The molecule has 1 N–H and O–H groups in total. The van der Waals surface area contributed by atoms with Crippen molar-refractivity contribution in [2.75, 3.05) is 0 Å². The third-order valence-corrected chi connectivity index (χ3v) is 4.39. The van der Waals surface area contributed by atoms with Gasteiger partial charge in [0.25, 0.3) is 0 Å². The summed E-state index contributed by atoms with van der Waals surface area (Å²) in [6, 6.07) is 7.61. The first-order valence-electron chi connectivity index (χ1n) is 4.81. The summed E-state index contributed by atoms with van der Waals surface area (Å²) < 4.78 is 0.816. The van der Waals surface area contributed by atoms with Gasteiger partial charge in [-0.25, -0.2) is 0 Å². The number of benzene rings is 1. The predicted octanol–water partition coefficient (Wildman–Crippen LogP) is 4.44. The molecule has 2 rings (SSSR count). The molecule has 84 valence electrons. The highest BCUT2D eigenvalue weighted by atomic mass is 79.9. The van der Waals surface area contributed by atoms with Crippen LogP contribution in [-0.4, -0.2) is 5.11 Å². The van der Waals surface area contributed by atoms with E-state index in [2.05, 4.69) is 15.9 Å². The van der Waals surface area contributed by atoms with Crippen LogP contribution >= 0.6 is 38.9 Å². The second-order valence-electron chi connectivity index (χ2n) is 3.49. The fraction of sp³-hybridized carbons (Fsp3) is 0.167. The molecule has 0 aliphatic carbocycles. The molecular formula is C12H10BrClOS. The van der Waals surface area contributed by atoms with E-state index in [1.807, 2.05) is 35.0 Å². The van der Waals surface area contributed by atoms with Crippen molar-refractivity contribution in [2.24, 2.45) is 0 Å². The molecule has 1 atom stereocenters. The molecule has 1 aromatic heterocycles. The molecule has 0 radical (unpaired) electrons. The van der Waals surface area contributed by atoms with Crippen LogP contribution in [0.3, 0.4) is 0 Å². The Balaban J connectivity index is 2.21. The van der Waals surface area contributed by atoms with E-state index in [4.69, 9.17) is 11.6 Å². The summed E-state index contributed by atoms with van der Waals surface area (Å²) in [6.07, 6.45) is 0.0410. The Morgan fingerprint density at radius 2 is 2.19 bits per heavy atom. The van der Waals surface area contributed by atoms with Crippen LogP contribution in [0.1, 0.15) is 17.2 Å². The van der Waals surface area contributed by atoms with Gasteiger partial charge in [0.05, 0.1) is 11.1 Å². The average molecular weight is 318 g/mol. The Kier molecular flexibility index (Phi) is 4.03. The Morgan fingerprint density at radius 3 is 2.88 bits per heavy atom. The van der Waals surface area contributed by atoms with Crippen LogP contribution in [-0.2, 0) is 6.42 Å². The summed E-state index contributed by atoms with van der Waals surface area (Å²) in [5, 5.41) is 14.7. The maximum absolute atomic E-state index is 10.1. The maximum Gasteiger partial charge on any atom is 0.0845 e. The zero-order valence-electron chi connectivity index (χ0n) is 8.36. The molecule has 1 unspecified atom stereocenters. The molecular weight excluding hydrogens is 308 g/mol. The number of thiophene rings is 1. The third kappa shape index (κ3) is 2.66. The van der Waals surface area contributed by atoms with E-state index in [1.165, 1.54) is 0 Å². The van der Waals surface area contributed by atoms with Crippen LogP contribution < -0.4 is 0 Å². The summed E-state index contributed by atoms with van der Waals surface area (Å²) in [7, 11) is 0. The molecule has 0 saturated carbocycles. The van der Waals surface area contributed by atoms with Crippen molar-refractivity contribution in [1.82, 2.24) is 0 Å². The largest absolute Gasteiger partial charge is 0.388 e.